The van der Waals surface area contributed by atoms with Crippen LogP contribution in [0.3, 0.4) is 0 Å². The first-order valence-electron chi connectivity index (χ1n) is 7.15. The van der Waals surface area contributed by atoms with Crippen molar-refractivity contribution < 1.29 is 26.5 Å². The second-order valence-corrected chi connectivity index (χ2v) is 6.09. The third-order valence-corrected chi connectivity index (χ3v) is 4.75. The van der Waals surface area contributed by atoms with E-state index >= 15 is 0 Å². The number of alkyl carbamates (subject to hydrolysis) is 1. The van der Waals surface area contributed by atoms with E-state index in [-0.39, 0.29) is 18.5 Å². The number of amides is 1. The molecule has 1 aliphatic heterocycles. The Hall–Kier alpha value is -0.620. The van der Waals surface area contributed by atoms with Crippen molar-refractivity contribution in [1.29, 1.82) is 0 Å². The molecule has 0 saturated heterocycles. The average Bonchev–Trinajstić information content (AvgIpc) is 2.87. The molecule has 116 valence electrons. The number of hydrogen-bond donors (Lipinski definition) is 2. The van der Waals surface area contributed by atoms with Gasteiger partial charge in [0.1, 0.15) is 13.2 Å². The molecule has 20 heavy (non-hydrogen) atoms. The maximum Gasteiger partial charge on any atom is 0.407 e. The van der Waals surface area contributed by atoms with Crippen molar-refractivity contribution in [3.63, 3.8) is 0 Å². The molecule has 5 nitrogen and oxygen atoms in total. The lowest BCUT2D eigenvalue weighted by molar-refractivity contribution is -0.521. The topological polar surface area (TPSA) is 53.4 Å². The Morgan fingerprint density at radius 3 is 2.85 bits per heavy atom. The first kappa shape index (κ1) is 17.4. The quantitative estimate of drug-likeness (QED) is 0.612. The Morgan fingerprint density at radius 1 is 1.40 bits per heavy atom. The van der Waals surface area contributed by atoms with Crippen molar-refractivity contribution >= 4 is 23.0 Å². The van der Waals surface area contributed by atoms with Gasteiger partial charge in [-0.2, -0.15) is 0 Å². The lowest BCUT2D eigenvalue weighted by Crippen LogP contribution is -3.00. The highest BCUT2D eigenvalue weighted by Crippen LogP contribution is 2.17. The van der Waals surface area contributed by atoms with Gasteiger partial charge in [-0.1, -0.05) is 19.3 Å². The molecule has 0 bridgehead atoms. The zero-order chi connectivity index (χ0) is 13.5. The van der Waals surface area contributed by atoms with Gasteiger partial charge in [-0.25, -0.2) is 4.79 Å². The molecule has 1 heterocycles. The van der Waals surface area contributed by atoms with Gasteiger partial charge in [0, 0.05) is 11.8 Å². The van der Waals surface area contributed by atoms with E-state index in [1.165, 1.54) is 24.4 Å². The van der Waals surface area contributed by atoms with Crippen LogP contribution in [0.15, 0.2) is 0 Å². The largest absolute Gasteiger partial charge is 1.00 e. The van der Waals surface area contributed by atoms with Crippen LogP contribution in [0.4, 0.5) is 4.79 Å². The number of nitrogens with zero attached hydrogens (tertiary/aromatic N) is 1. The molecule has 0 atom stereocenters. The minimum Gasteiger partial charge on any atom is -1.00 e. The number of carbonyl (C=O) groups is 1. The maximum atomic E-state index is 11.7. The highest BCUT2D eigenvalue weighted by atomic mass is 35.5. The zero-order valence-corrected chi connectivity index (χ0v) is 13.6. The molecule has 0 radical (unpaired) electrons. The summed E-state index contributed by atoms with van der Waals surface area (Å²) in [6, 6.07) is 0.322. The van der Waals surface area contributed by atoms with Crippen molar-refractivity contribution in [3.8, 4) is 0 Å². The minimum atomic E-state index is -0.259. The zero-order valence-electron chi connectivity index (χ0n) is 12.0. The Kier molecular flexibility index (Phi) is 8.14. The summed E-state index contributed by atoms with van der Waals surface area (Å²) in [4.78, 5) is 11.7. The van der Waals surface area contributed by atoms with Crippen LogP contribution in [-0.2, 0) is 4.74 Å². The Labute approximate surface area is 131 Å². The van der Waals surface area contributed by atoms with Crippen LogP contribution >= 0.6 is 11.8 Å². The number of hydrogen-bond acceptors (Lipinski definition) is 4. The summed E-state index contributed by atoms with van der Waals surface area (Å²) >= 11 is 1.81. The van der Waals surface area contributed by atoms with Gasteiger partial charge in [0.15, 0.2) is 0 Å². The van der Waals surface area contributed by atoms with Gasteiger partial charge in [-0.3, -0.25) is 9.89 Å². The molecule has 0 aromatic carbocycles. The normalized spacial score (nSPS) is 19.4. The fraction of sp³-hybridized carbons (Fsp3) is 0.846. The second-order valence-electron chi connectivity index (χ2n) is 5.01. The standard InChI is InChI=1S/C13H23N3O2S.ClH/c1-14-12-16(8-10-19-12)7-9-18-13(17)15-11-5-3-2-4-6-11;/h11H,2-10H2,1H3,(H,15,17);1H. The molecule has 7 heteroatoms. The molecule has 0 unspecified atom stereocenters. The number of amidine groups is 1. The number of halogens is 1. The first-order valence-corrected chi connectivity index (χ1v) is 8.14. The van der Waals surface area contributed by atoms with Gasteiger partial charge in [0.05, 0.1) is 13.6 Å². The summed E-state index contributed by atoms with van der Waals surface area (Å²) in [5.74, 6) is 1.10. The van der Waals surface area contributed by atoms with Crippen LogP contribution in [-0.4, -0.2) is 54.4 Å². The number of carbonyl (C=O) groups excluding carboxylic acids is 1. The summed E-state index contributed by atoms with van der Waals surface area (Å²) < 4.78 is 7.48. The van der Waals surface area contributed by atoms with Crippen LogP contribution in [0.2, 0.25) is 0 Å². The Morgan fingerprint density at radius 2 is 2.15 bits per heavy atom. The number of nitrogens with one attached hydrogen (secondary N) is 2. The Bertz CT molecular complexity index is 347. The first-order chi connectivity index (χ1) is 9.29. The summed E-state index contributed by atoms with van der Waals surface area (Å²) in [6.07, 6.45) is 5.66. The highest BCUT2D eigenvalue weighted by molar-refractivity contribution is 8.13. The van der Waals surface area contributed by atoms with Crippen molar-refractivity contribution in [1.82, 2.24) is 10.6 Å². The fourth-order valence-corrected chi connectivity index (χ4v) is 3.61. The van der Waals surface area contributed by atoms with Gasteiger partial charge in [-0.05, 0) is 24.6 Å². The van der Waals surface area contributed by atoms with E-state index in [4.69, 9.17) is 4.74 Å². The molecule has 1 saturated carbocycles. The smallest absolute Gasteiger partial charge is 0.407 e. The van der Waals surface area contributed by atoms with Crippen LogP contribution in [0, 0.1) is 0 Å². The van der Waals surface area contributed by atoms with Crippen LogP contribution in [0.25, 0.3) is 0 Å². The molecule has 1 amide bonds. The molecule has 0 aromatic heterocycles. The molecule has 1 aliphatic carbocycles. The second kappa shape index (κ2) is 9.34. The van der Waals surface area contributed by atoms with Gasteiger partial charge >= 0.3 is 11.3 Å². The third-order valence-electron chi connectivity index (χ3n) is 3.62. The van der Waals surface area contributed by atoms with E-state index in [1.807, 2.05) is 18.8 Å². The molecule has 2 rings (SSSR count). The third kappa shape index (κ3) is 5.40. The molecule has 2 N–H and O–H groups in total. The van der Waals surface area contributed by atoms with E-state index in [9.17, 15) is 4.79 Å². The van der Waals surface area contributed by atoms with Gasteiger partial charge in [0.2, 0.25) is 0 Å². The number of thioether (sulfide) groups is 1. The van der Waals surface area contributed by atoms with Crippen molar-refractivity contribution in [3.05, 3.63) is 0 Å². The van der Waals surface area contributed by atoms with E-state index in [2.05, 4.69) is 15.2 Å². The lowest BCUT2D eigenvalue weighted by Gasteiger charge is -2.22. The molecule has 1 fully saturated rings. The highest BCUT2D eigenvalue weighted by Gasteiger charge is 2.20. The van der Waals surface area contributed by atoms with Gasteiger partial charge in [0.25, 0.3) is 0 Å². The predicted molar refractivity (Wildman–Crippen MR) is 77.9 cm³/mol. The van der Waals surface area contributed by atoms with E-state index in [0.29, 0.717) is 12.6 Å². The summed E-state index contributed by atoms with van der Waals surface area (Å²) in [5, 5.41) is 7.31. The molecule has 0 aromatic rings. The van der Waals surface area contributed by atoms with Crippen molar-refractivity contribution in [2.45, 2.75) is 38.1 Å². The average molecular weight is 322 g/mol. The monoisotopic (exact) mass is 321 g/mol. The van der Waals surface area contributed by atoms with E-state index in [0.717, 1.165) is 31.7 Å². The number of rotatable bonds is 4. The molecular weight excluding hydrogens is 298 g/mol. The summed E-state index contributed by atoms with van der Waals surface area (Å²) in [6.45, 7) is 2.24. The molecule has 2 aliphatic rings. The SMILES string of the molecule is CNC1=[N+](CCOC(=O)NC2CCCCC2)CCS1.[Cl-]. The van der Waals surface area contributed by atoms with Gasteiger partial charge < -0.3 is 22.5 Å². The van der Waals surface area contributed by atoms with Gasteiger partial charge in [-0.15, -0.1) is 0 Å². The summed E-state index contributed by atoms with van der Waals surface area (Å²) in [7, 11) is 1.93. The predicted octanol–water partition coefficient (Wildman–Crippen LogP) is -1.62. The lowest BCUT2D eigenvalue weighted by atomic mass is 9.96. The minimum absolute atomic E-state index is 0. The van der Waals surface area contributed by atoms with Crippen molar-refractivity contribution in [2.24, 2.45) is 0 Å². The molecular formula is C13H24ClN3O2S. The molecule has 0 spiro atoms. The van der Waals surface area contributed by atoms with Crippen molar-refractivity contribution in [2.75, 3.05) is 32.5 Å². The summed E-state index contributed by atoms with van der Waals surface area (Å²) in [5.41, 5.74) is 0. The maximum absolute atomic E-state index is 11.7. The van der Waals surface area contributed by atoms with Crippen LogP contribution in [0.1, 0.15) is 32.1 Å². The van der Waals surface area contributed by atoms with E-state index < -0.39 is 0 Å². The Balaban J connectivity index is 0.00000200. The van der Waals surface area contributed by atoms with E-state index in [1.54, 1.807) is 0 Å². The van der Waals surface area contributed by atoms with Crippen LogP contribution < -0.4 is 23.0 Å². The van der Waals surface area contributed by atoms with Crippen LogP contribution in [0.5, 0.6) is 0 Å². The fourth-order valence-electron chi connectivity index (χ4n) is 2.59. The number of ether oxygens (including phenoxy) is 1.